The third kappa shape index (κ3) is 7.96. The van der Waals surface area contributed by atoms with Crippen LogP contribution in [0.5, 0.6) is 0 Å². The van der Waals surface area contributed by atoms with E-state index in [1.54, 1.807) is 26.8 Å². The number of fused-ring (bicyclic) bond motifs is 1. The number of aromatic nitrogens is 1. The number of hydrogen-bond donors (Lipinski definition) is 3. The first-order valence-corrected chi connectivity index (χ1v) is 16.2. The molecule has 0 bridgehead atoms. The minimum atomic E-state index is -4.19. The third-order valence-corrected chi connectivity index (χ3v) is 9.08. The number of rotatable bonds is 10. The molecule has 41 heavy (non-hydrogen) atoms. The third-order valence-electron chi connectivity index (χ3n) is 7.79. The van der Waals surface area contributed by atoms with E-state index in [9.17, 15) is 23.8 Å². The van der Waals surface area contributed by atoms with Crippen LogP contribution in [0.2, 0.25) is 0 Å². The molecule has 1 unspecified atom stereocenters. The zero-order chi connectivity index (χ0) is 29.8. The van der Waals surface area contributed by atoms with Crippen molar-refractivity contribution in [2.75, 3.05) is 24.8 Å². The molecule has 1 aromatic carbocycles. The largest absolute Gasteiger partial charge is 0.438 e. The maximum atomic E-state index is 15.2. The number of esters is 1. The summed E-state index contributed by atoms with van der Waals surface area (Å²) in [4.78, 5) is 48.3. The van der Waals surface area contributed by atoms with Crippen LogP contribution in [0.1, 0.15) is 95.0 Å². The van der Waals surface area contributed by atoms with Crippen molar-refractivity contribution in [3.63, 3.8) is 0 Å². The monoisotopic (exact) mass is 593 g/mol. The van der Waals surface area contributed by atoms with Crippen LogP contribution in [-0.4, -0.2) is 46.9 Å². The highest BCUT2D eigenvalue weighted by Crippen LogP contribution is 2.41. The van der Waals surface area contributed by atoms with Gasteiger partial charge in [0, 0.05) is 30.2 Å². The molecular weight excluding hydrogens is 552 g/mol. The van der Waals surface area contributed by atoms with Gasteiger partial charge >= 0.3 is 13.6 Å². The molecule has 1 heterocycles. The number of hydrogen-bond acceptors (Lipinski definition) is 7. The van der Waals surface area contributed by atoms with E-state index in [0.29, 0.717) is 11.2 Å². The highest BCUT2D eigenvalue weighted by molar-refractivity contribution is 7.52. The zero-order valence-corrected chi connectivity index (χ0v) is 24.9. The molecule has 2 aliphatic rings. The summed E-state index contributed by atoms with van der Waals surface area (Å²) >= 11 is 0. The van der Waals surface area contributed by atoms with Crippen LogP contribution >= 0.6 is 7.60 Å². The van der Waals surface area contributed by atoms with Crippen molar-refractivity contribution in [3.8, 4) is 0 Å². The molecule has 1 aromatic heterocycles. The first-order valence-electron chi connectivity index (χ1n) is 14.4. The average molecular weight is 594 g/mol. The van der Waals surface area contributed by atoms with Crippen molar-refractivity contribution in [2.24, 2.45) is 5.41 Å². The standard InChI is InChI=1S/C29H41FN3O7P/c1-29(2,3)28(36)39-18-40-41(37,38)14-13-31-27(35)22-17-33(20-11-7-8-12-20)25-16-24(23(30)15-21(25)26(22)34)32-19-9-5-4-6-10-19/h15-17,19-20,32H,4-14,18H2,1-3H3,(H,31,35)(H,37,38). The summed E-state index contributed by atoms with van der Waals surface area (Å²) in [5.74, 6) is -1.86. The molecule has 1 atom stereocenters. The Labute approximate surface area is 239 Å². The first kappa shape index (κ1) is 31.2. The SMILES string of the molecule is CC(C)(C)C(=O)OCOP(=O)(O)CCNC(=O)c1cn(C2CCCC2)c2cc(NC3CCCCC3)c(F)cc2c1=O. The van der Waals surface area contributed by atoms with E-state index in [2.05, 4.69) is 10.6 Å². The number of anilines is 1. The number of benzene rings is 1. The Morgan fingerprint density at radius 2 is 1.76 bits per heavy atom. The Morgan fingerprint density at radius 3 is 2.41 bits per heavy atom. The molecule has 2 saturated carbocycles. The van der Waals surface area contributed by atoms with Crippen LogP contribution in [0, 0.1) is 11.2 Å². The van der Waals surface area contributed by atoms with Crippen LogP contribution in [0.15, 0.2) is 23.1 Å². The van der Waals surface area contributed by atoms with Crippen molar-refractivity contribution >= 4 is 36.1 Å². The number of nitrogens with zero attached hydrogens (tertiary/aromatic N) is 1. The maximum Gasteiger partial charge on any atom is 0.332 e. The van der Waals surface area contributed by atoms with Gasteiger partial charge in [0.25, 0.3) is 5.91 Å². The van der Waals surface area contributed by atoms with Gasteiger partial charge in [-0.25, -0.2) is 4.39 Å². The summed E-state index contributed by atoms with van der Waals surface area (Å²) in [6.45, 7) is 3.95. The summed E-state index contributed by atoms with van der Waals surface area (Å²) in [6.07, 6.45) is 10.2. The predicted molar refractivity (Wildman–Crippen MR) is 155 cm³/mol. The fourth-order valence-corrected chi connectivity index (χ4v) is 6.18. The second-order valence-corrected chi connectivity index (χ2v) is 14.1. The minimum Gasteiger partial charge on any atom is -0.438 e. The van der Waals surface area contributed by atoms with Crippen LogP contribution in [0.4, 0.5) is 10.1 Å². The number of pyridine rings is 1. The Hall–Kier alpha value is -2.75. The highest BCUT2D eigenvalue weighted by Gasteiger charge is 2.27. The van der Waals surface area contributed by atoms with E-state index in [1.165, 1.54) is 18.7 Å². The molecule has 226 valence electrons. The summed E-state index contributed by atoms with van der Waals surface area (Å²) in [6, 6.07) is 3.15. The molecular formula is C29H41FN3O7P. The molecule has 2 aliphatic carbocycles. The quantitative estimate of drug-likeness (QED) is 0.187. The van der Waals surface area contributed by atoms with Gasteiger partial charge in [-0.05, 0) is 58.6 Å². The Morgan fingerprint density at radius 1 is 1.10 bits per heavy atom. The van der Waals surface area contributed by atoms with Gasteiger partial charge < -0.3 is 24.8 Å². The van der Waals surface area contributed by atoms with E-state index >= 15 is 4.39 Å². The van der Waals surface area contributed by atoms with Crippen LogP contribution < -0.4 is 16.1 Å². The van der Waals surface area contributed by atoms with Gasteiger partial charge in [0.15, 0.2) is 0 Å². The lowest BCUT2D eigenvalue weighted by atomic mass is 9.95. The molecule has 1 amide bonds. The number of carbonyl (C=O) groups excluding carboxylic acids is 2. The van der Waals surface area contributed by atoms with E-state index in [0.717, 1.165) is 51.4 Å². The van der Waals surface area contributed by atoms with Crippen LogP contribution in [-0.2, 0) is 18.6 Å². The fraction of sp³-hybridized carbons (Fsp3) is 0.621. The predicted octanol–water partition coefficient (Wildman–Crippen LogP) is 5.48. The zero-order valence-electron chi connectivity index (χ0n) is 24.0. The first-order chi connectivity index (χ1) is 19.4. The van der Waals surface area contributed by atoms with E-state index in [-0.39, 0.29) is 29.6 Å². The molecule has 3 N–H and O–H groups in total. The summed E-state index contributed by atoms with van der Waals surface area (Å²) in [5, 5.41) is 5.95. The molecule has 0 radical (unpaired) electrons. The molecule has 0 spiro atoms. The van der Waals surface area contributed by atoms with E-state index in [1.807, 2.05) is 4.57 Å². The Bertz CT molecular complexity index is 1380. The highest BCUT2D eigenvalue weighted by atomic mass is 31.2. The Kier molecular flexibility index (Phi) is 9.93. The number of amides is 1. The number of carbonyl (C=O) groups is 2. The second kappa shape index (κ2) is 13.0. The lowest BCUT2D eigenvalue weighted by Crippen LogP contribution is -2.32. The topological polar surface area (TPSA) is 136 Å². The van der Waals surface area contributed by atoms with Gasteiger partial charge in [-0.3, -0.25) is 23.5 Å². The fourth-order valence-electron chi connectivity index (χ4n) is 5.44. The van der Waals surface area contributed by atoms with Gasteiger partial charge in [-0.15, -0.1) is 0 Å². The van der Waals surface area contributed by atoms with Crippen molar-refractivity contribution < 1.29 is 32.7 Å². The molecule has 12 heteroatoms. The van der Waals surface area contributed by atoms with Crippen molar-refractivity contribution in [1.29, 1.82) is 0 Å². The Balaban J connectivity index is 1.50. The average Bonchev–Trinajstić information content (AvgIpc) is 3.44. The summed E-state index contributed by atoms with van der Waals surface area (Å²) in [7, 11) is -4.19. The number of halogens is 1. The normalized spacial score (nSPS) is 18.3. The van der Waals surface area contributed by atoms with E-state index < -0.39 is 49.1 Å². The van der Waals surface area contributed by atoms with Gasteiger partial charge in [0.05, 0.1) is 22.8 Å². The second-order valence-electron chi connectivity index (χ2n) is 12.1. The summed E-state index contributed by atoms with van der Waals surface area (Å²) < 4.78 is 39.2. The molecule has 2 fully saturated rings. The molecule has 10 nitrogen and oxygen atoms in total. The number of nitrogens with one attached hydrogen (secondary N) is 2. The van der Waals surface area contributed by atoms with Crippen LogP contribution in [0.25, 0.3) is 10.9 Å². The van der Waals surface area contributed by atoms with Gasteiger partial charge in [0.2, 0.25) is 12.2 Å². The number of ether oxygens (including phenoxy) is 1. The van der Waals surface area contributed by atoms with Crippen molar-refractivity contribution in [3.05, 3.63) is 39.9 Å². The van der Waals surface area contributed by atoms with Crippen LogP contribution in [0.3, 0.4) is 0 Å². The molecule has 0 aliphatic heterocycles. The molecule has 4 rings (SSSR count). The summed E-state index contributed by atoms with van der Waals surface area (Å²) in [5.41, 5.74) is -0.619. The van der Waals surface area contributed by atoms with Crippen molar-refractivity contribution in [1.82, 2.24) is 9.88 Å². The lowest BCUT2D eigenvalue weighted by Gasteiger charge is -2.25. The lowest BCUT2D eigenvalue weighted by molar-refractivity contribution is -0.159. The maximum absolute atomic E-state index is 15.2. The van der Waals surface area contributed by atoms with Gasteiger partial charge in [0.1, 0.15) is 11.4 Å². The van der Waals surface area contributed by atoms with E-state index in [4.69, 9.17) is 9.26 Å². The minimum absolute atomic E-state index is 0.0690. The van der Waals surface area contributed by atoms with Gasteiger partial charge in [-0.1, -0.05) is 32.1 Å². The van der Waals surface area contributed by atoms with Gasteiger partial charge in [-0.2, -0.15) is 0 Å². The smallest absolute Gasteiger partial charge is 0.332 e. The molecule has 0 saturated heterocycles. The van der Waals surface area contributed by atoms with Crippen molar-refractivity contribution in [2.45, 2.75) is 90.6 Å². The molecule has 2 aromatic rings.